The molecule has 0 amide bonds. The average Bonchev–Trinajstić information content (AvgIpc) is 4.19. The van der Waals surface area contributed by atoms with E-state index in [1.165, 1.54) is 21.5 Å². The van der Waals surface area contributed by atoms with E-state index in [-0.39, 0.29) is 0 Å². The van der Waals surface area contributed by atoms with Gasteiger partial charge in [-0.05, 0) is 119 Å². The minimum Gasteiger partial charge on any atom is -0.456 e. The van der Waals surface area contributed by atoms with E-state index >= 15 is 0 Å². The second-order valence-electron chi connectivity index (χ2n) is 18.2. The molecule has 0 aliphatic carbocycles. The molecule has 0 aliphatic heterocycles. The van der Waals surface area contributed by atoms with Crippen molar-refractivity contribution < 1.29 is 8.83 Å². The van der Waals surface area contributed by atoms with Gasteiger partial charge in [-0.25, -0.2) is 4.98 Å². The van der Waals surface area contributed by atoms with E-state index in [9.17, 15) is 0 Å². The SMILES string of the molecule is c1cc(-c2ccc3c(c2)c2ccccc2n3-c2cccc3oc4ccccc4c23)cc(-c2cccc(-c3cccc(-c4ccc5c(c4)c4ccccc4n5-c4cccc5oc6ccccc6c45)c3)n2)c1. The molecular formula is C65H39N3O2. The lowest BCUT2D eigenvalue weighted by Gasteiger charge is -2.11. The van der Waals surface area contributed by atoms with Crippen LogP contribution in [0.1, 0.15) is 0 Å². The number of nitrogens with zero attached hydrogens (tertiary/aromatic N) is 3. The zero-order chi connectivity index (χ0) is 45.9. The first kappa shape index (κ1) is 38.6. The summed E-state index contributed by atoms with van der Waals surface area (Å²) >= 11 is 0. The van der Waals surface area contributed by atoms with E-state index in [2.05, 4.69) is 221 Å². The van der Waals surface area contributed by atoms with Crippen molar-refractivity contribution in [2.75, 3.05) is 0 Å². The molecule has 0 N–H and O–H groups in total. The number of hydrogen-bond acceptors (Lipinski definition) is 3. The highest BCUT2D eigenvalue weighted by Crippen LogP contribution is 2.42. The van der Waals surface area contributed by atoms with Crippen molar-refractivity contribution in [3.8, 4) is 56.1 Å². The lowest BCUT2D eigenvalue weighted by molar-refractivity contribution is 0.668. The summed E-state index contributed by atoms with van der Waals surface area (Å²) in [5.41, 5.74) is 19.0. The van der Waals surface area contributed by atoms with Gasteiger partial charge in [-0.3, -0.25) is 0 Å². The third kappa shape index (κ3) is 5.82. The van der Waals surface area contributed by atoms with E-state index in [4.69, 9.17) is 13.8 Å². The van der Waals surface area contributed by atoms with E-state index < -0.39 is 0 Å². The molecule has 0 unspecified atom stereocenters. The number of furan rings is 2. The van der Waals surface area contributed by atoms with Gasteiger partial charge in [0, 0.05) is 43.4 Å². The molecule has 0 atom stereocenters. The van der Waals surface area contributed by atoms with E-state index in [1.54, 1.807) is 0 Å². The van der Waals surface area contributed by atoms with Gasteiger partial charge in [0.25, 0.3) is 0 Å². The van der Waals surface area contributed by atoms with Gasteiger partial charge < -0.3 is 18.0 Å². The largest absolute Gasteiger partial charge is 0.456 e. The Morgan fingerprint density at radius 2 is 0.629 bits per heavy atom. The minimum atomic E-state index is 0.885. The van der Waals surface area contributed by atoms with Crippen LogP contribution in [0.15, 0.2) is 245 Å². The number of benzene rings is 10. The zero-order valence-electron chi connectivity index (χ0n) is 37.7. The molecule has 0 fully saturated rings. The van der Waals surface area contributed by atoms with Crippen LogP contribution < -0.4 is 0 Å². The van der Waals surface area contributed by atoms with Crippen LogP contribution in [0.3, 0.4) is 0 Å². The number of hydrogen-bond donors (Lipinski definition) is 0. The lowest BCUT2D eigenvalue weighted by Crippen LogP contribution is -1.94. The molecule has 70 heavy (non-hydrogen) atoms. The number of rotatable bonds is 6. The first-order valence-electron chi connectivity index (χ1n) is 23.8. The van der Waals surface area contributed by atoms with Crippen LogP contribution >= 0.6 is 0 Å². The van der Waals surface area contributed by atoms with Crippen molar-refractivity contribution in [1.29, 1.82) is 0 Å². The molecular weight excluding hydrogens is 855 g/mol. The highest BCUT2D eigenvalue weighted by atomic mass is 16.3. The normalized spacial score (nSPS) is 12.0. The number of para-hydroxylation sites is 4. The summed E-state index contributed by atoms with van der Waals surface area (Å²) in [5, 5.41) is 9.30. The van der Waals surface area contributed by atoms with Gasteiger partial charge in [-0.15, -0.1) is 0 Å². The van der Waals surface area contributed by atoms with Crippen molar-refractivity contribution >= 4 is 87.5 Å². The topological polar surface area (TPSA) is 49.0 Å². The van der Waals surface area contributed by atoms with Crippen LogP contribution in [-0.2, 0) is 0 Å². The Bertz CT molecular complexity index is 4330. The minimum absolute atomic E-state index is 0.885. The molecule has 10 aromatic carbocycles. The zero-order valence-corrected chi connectivity index (χ0v) is 37.7. The fourth-order valence-corrected chi connectivity index (χ4v) is 11.2. The van der Waals surface area contributed by atoms with Crippen LogP contribution in [0.2, 0.25) is 0 Å². The maximum Gasteiger partial charge on any atom is 0.137 e. The van der Waals surface area contributed by atoms with Gasteiger partial charge in [-0.2, -0.15) is 0 Å². The third-order valence-corrected chi connectivity index (χ3v) is 14.3. The molecule has 0 saturated heterocycles. The molecule has 326 valence electrons. The third-order valence-electron chi connectivity index (χ3n) is 14.3. The van der Waals surface area contributed by atoms with Crippen LogP contribution in [-0.4, -0.2) is 14.1 Å². The predicted octanol–water partition coefficient (Wildman–Crippen LogP) is 17.7. The van der Waals surface area contributed by atoms with Gasteiger partial charge in [0.1, 0.15) is 22.3 Å². The molecule has 0 bridgehead atoms. The monoisotopic (exact) mass is 893 g/mol. The second kappa shape index (κ2) is 15.0. The Hall–Kier alpha value is -9.45. The Kier molecular flexibility index (Phi) is 8.29. The van der Waals surface area contributed by atoms with Crippen molar-refractivity contribution in [2.45, 2.75) is 0 Å². The first-order chi connectivity index (χ1) is 34.7. The van der Waals surface area contributed by atoms with E-state index in [1.807, 2.05) is 24.3 Å². The van der Waals surface area contributed by atoms with Crippen LogP contribution in [0.5, 0.6) is 0 Å². The summed E-state index contributed by atoms with van der Waals surface area (Å²) in [7, 11) is 0. The number of pyridine rings is 1. The maximum absolute atomic E-state index is 6.33. The smallest absolute Gasteiger partial charge is 0.137 e. The summed E-state index contributed by atoms with van der Waals surface area (Å²) < 4.78 is 17.4. The Morgan fingerprint density at radius 3 is 1.13 bits per heavy atom. The Labute approximate surface area is 401 Å². The Morgan fingerprint density at radius 1 is 0.257 bits per heavy atom. The molecule has 0 radical (unpaired) electrons. The van der Waals surface area contributed by atoms with Crippen LogP contribution in [0, 0.1) is 0 Å². The standard InChI is InChI=1S/C65H39N3O2/c1-5-24-54-46(18-1)50-38-42(32-34-56(50)67(54)58-26-12-30-62-64(58)48-20-3-7-28-60(48)69-62)40-14-9-16-44(36-40)52-22-11-23-53(66-52)45-17-10-15-41(37-45)43-33-35-57-51(39-43)47-19-2-6-25-55(47)68(57)59-27-13-31-63-65(59)49-21-4-8-29-61(49)70-63/h1-39H. The summed E-state index contributed by atoms with van der Waals surface area (Å²) in [4.78, 5) is 5.30. The highest BCUT2D eigenvalue weighted by Gasteiger charge is 2.20. The molecule has 15 aromatic rings. The summed E-state index contributed by atoms with van der Waals surface area (Å²) in [5.74, 6) is 0. The van der Waals surface area contributed by atoms with Gasteiger partial charge in [0.15, 0.2) is 0 Å². The van der Waals surface area contributed by atoms with E-state index in [0.717, 1.165) is 122 Å². The van der Waals surface area contributed by atoms with Crippen molar-refractivity contribution in [3.05, 3.63) is 237 Å². The second-order valence-corrected chi connectivity index (χ2v) is 18.2. The molecule has 15 rings (SSSR count). The number of aromatic nitrogens is 3. The van der Waals surface area contributed by atoms with Crippen LogP contribution in [0.4, 0.5) is 0 Å². The molecule has 5 heteroatoms. The van der Waals surface area contributed by atoms with Gasteiger partial charge in [0.2, 0.25) is 0 Å². The average molecular weight is 894 g/mol. The fourth-order valence-electron chi connectivity index (χ4n) is 11.2. The van der Waals surface area contributed by atoms with Gasteiger partial charge in [-0.1, -0.05) is 140 Å². The first-order valence-corrected chi connectivity index (χ1v) is 23.8. The Balaban J connectivity index is 0.784. The van der Waals surface area contributed by atoms with Crippen molar-refractivity contribution in [1.82, 2.24) is 14.1 Å². The van der Waals surface area contributed by atoms with Crippen molar-refractivity contribution in [3.63, 3.8) is 0 Å². The molecule has 0 aliphatic rings. The quantitative estimate of drug-likeness (QED) is 0.167. The lowest BCUT2D eigenvalue weighted by atomic mass is 9.98. The van der Waals surface area contributed by atoms with Crippen LogP contribution in [0.25, 0.3) is 144 Å². The maximum atomic E-state index is 6.33. The summed E-state index contributed by atoms with van der Waals surface area (Å²) in [6.07, 6.45) is 0. The predicted molar refractivity (Wildman–Crippen MR) is 289 cm³/mol. The van der Waals surface area contributed by atoms with Crippen molar-refractivity contribution in [2.24, 2.45) is 0 Å². The highest BCUT2D eigenvalue weighted by molar-refractivity contribution is 6.16. The van der Waals surface area contributed by atoms with Gasteiger partial charge in [0.05, 0.1) is 55.6 Å². The molecule has 0 saturated carbocycles. The number of fused-ring (bicyclic) bond motifs is 12. The molecule has 5 nitrogen and oxygen atoms in total. The fraction of sp³-hybridized carbons (Fsp3) is 0. The van der Waals surface area contributed by atoms with E-state index in [0.29, 0.717) is 0 Å². The summed E-state index contributed by atoms with van der Waals surface area (Å²) in [6.45, 7) is 0. The summed E-state index contributed by atoms with van der Waals surface area (Å²) in [6, 6.07) is 84.3. The van der Waals surface area contributed by atoms with Gasteiger partial charge >= 0.3 is 0 Å². The molecule has 5 heterocycles. The molecule has 0 spiro atoms. The molecule has 5 aromatic heterocycles.